The number of ether oxygens (including phenoxy) is 2. The molecule has 0 fully saturated rings. The molecule has 0 aliphatic heterocycles. The fraction of sp³-hybridized carbons (Fsp3) is 0.0909. The molecule has 1 amide bonds. The van der Waals surface area contributed by atoms with Crippen LogP contribution in [0.2, 0.25) is 0 Å². The summed E-state index contributed by atoms with van der Waals surface area (Å²) in [5.41, 5.74) is 9.59. The van der Waals surface area contributed by atoms with Crippen molar-refractivity contribution >= 4 is 17.9 Å². The Labute approximate surface area is 159 Å². The van der Waals surface area contributed by atoms with Crippen LogP contribution in [0.25, 0.3) is 5.57 Å². The standard InChI is InChI=1S/C22H22N2O3/c1-26-20-11-9-19(10-12-20)21(18-6-4-3-5-7-18)14-17(15-23)8-13-22(27-2)24-16-25/h3-16H,23H2,1-2H3/b13-8-,17-15-,21-14+,24-22+. The third kappa shape index (κ3) is 5.71. The van der Waals surface area contributed by atoms with Crippen LogP contribution in [0.3, 0.4) is 0 Å². The largest absolute Gasteiger partial charge is 0.497 e. The quantitative estimate of drug-likeness (QED) is 0.352. The lowest BCUT2D eigenvalue weighted by Gasteiger charge is -2.10. The summed E-state index contributed by atoms with van der Waals surface area (Å²) in [5.74, 6) is 0.985. The first-order valence-corrected chi connectivity index (χ1v) is 8.28. The number of methoxy groups -OCH3 is 2. The number of benzene rings is 2. The van der Waals surface area contributed by atoms with Crippen LogP contribution in [-0.4, -0.2) is 26.5 Å². The molecule has 0 aliphatic rings. The maximum absolute atomic E-state index is 10.5. The highest BCUT2D eigenvalue weighted by molar-refractivity contribution is 5.92. The first-order valence-electron chi connectivity index (χ1n) is 8.28. The maximum atomic E-state index is 10.5. The van der Waals surface area contributed by atoms with E-state index in [-0.39, 0.29) is 5.90 Å². The first kappa shape index (κ1) is 19.7. The molecule has 0 unspecified atom stereocenters. The number of carbonyl (C=O) groups is 1. The zero-order valence-corrected chi connectivity index (χ0v) is 15.3. The van der Waals surface area contributed by atoms with Gasteiger partial charge >= 0.3 is 0 Å². The number of hydrogen-bond donors (Lipinski definition) is 1. The molecule has 2 aromatic carbocycles. The van der Waals surface area contributed by atoms with Crippen LogP contribution in [-0.2, 0) is 9.53 Å². The Bertz CT molecular complexity index is 864. The molecule has 138 valence electrons. The third-order valence-corrected chi connectivity index (χ3v) is 3.80. The van der Waals surface area contributed by atoms with E-state index in [1.54, 1.807) is 19.3 Å². The van der Waals surface area contributed by atoms with E-state index in [1.807, 2.05) is 60.7 Å². The zero-order chi connectivity index (χ0) is 19.5. The van der Waals surface area contributed by atoms with Crippen molar-refractivity contribution < 1.29 is 14.3 Å². The molecule has 0 aromatic heterocycles. The highest BCUT2D eigenvalue weighted by atomic mass is 16.5. The molecular formula is C22H22N2O3. The van der Waals surface area contributed by atoms with Gasteiger partial charge in [-0.1, -0.05) is 42.5 Å². The molecule has 5 heteroatoms. The molecule has 2 aromatic rings. The van der Waals surface area contributed by atoms with E-state index in [9.17, 15) is 4.79 Å². The Balaban J connectivity index is 2.46. The normalized spacial score (nSPS) is 12.9. The SMILES string of the molecule is COC(/C=C\C(=C\N)\C=C(/c1ccccc1)c1ccc(OC)cc1)=N/C=O. The second-order valence-corrected chi connectivity index (χ2v) is 5.43. The third-order valence-electron chi connectivity index (χ3n) is 3.80. The molecule has 0 atom stereocenters. The van der Waals surface area contributed by atoms with Gasteiger partial charge in [-0.05, 0) is 46.6 Å². The van der Waals surface area contributed by atoms with Crippen molar-refractivity contribution in [3.63, 3.8) is 0 Å². The van der Waals surface area contributed by atoms with Crippen LogP contribution >= 0.6 is 0 Å². The second kappa shape index (κ2) is 10.4. The molecule has 0 aliphatic carbocycles. The smallest absolute Gasteiger partial charge is 0.236 e. The minimum atomic E-state index is 0.198. The minimum Gasteiger partial charge on any atom is -0.497 e. The summed E-state index contributed by atoms with van der Waals surface area (Å²) in [4.78, 5) is 14.1. The Morgan fingerprint density at radius 2 is 1.63 bits per heavy atom. The maximum Gasteiger partial charge on any atom is 0.236 e. The Hall–Kier alpha value is -3.60. The highest BCUT2D eigenvalue weighted by Crippen LogP contribution is 2.26. The Morgan fingerprint density at radius 1 is 0.963 bits per heavy atom. The summed E-state index contributed by atoms with van der Waals surface area (Å²) in [5, 5.41) is 0. The van der Waals surface area contributed by atoms with E-state index in [0.717, 1.165) is 28.0 Å². The van der Waals surface area contributed by atoms with Gasteiger partial charge in [-0.25, -0.2) is 0 Å². The van der Waals surface area contributed by atoms with E-state index in [4.69, 9.17) is 15.2 Å². The molecule has 0 saturated heterocycles. The molecular weight excluding hydrogens is 340 g/mol. The zero-order valence-electron chi connectivity index (χ0n) is 15.3. The molecule has 2 N–H and O–H groups in total. The van der Waals surface area contributed by atoms with Crippen molar-refractivity contribution in [1.82, 2.24) is 0 Å². The van der Waals surface area contributed by atoms with Crippen LogP contribution in [0.1, 0.15) is 11.1 Å². The number of rotatable bonds is 7. The summed E-state index contributed by atoms with van der Waals surface area (Å²) in [6.07, 6.45) is 7.19. The van der Waals surface area contributed by atoms with E-state index in [1.165, 1.54) is 13.3 Å². The van der Waals surface area contributed by atoms with Crippen LogP contribution in [0.15, 0.2) is 89.6 Å². The van der Waals surface area contributed by atoms with Crippen molar-refractivity contribution in [2.75, 3.05) is 14.2 Å². The predicted octanol–water partition coefficient (Wildman–Crippen LogP) is 3.73. The van der Waals surface area contributed by atoms with Gasteiger partial charge in [0.15, 0.2) is 0 Å². The van der Waals surface area contributed by atoms with Gasteiger partial charge in [-0.3, -0.25) is 4.79 Å². The van der Waals surface area contributed by atoms with E-state index < -0.39 is 0 Å². The van der Waals surface area contributed by atoms with Gasteiger partial charge in [-0.15, -0.1) is 0 Å². The summed E-state index contributed by atoms with van der Waals surface area (Å²) in [6.45, 7) is 0. The van der Waals surface area contributed by atoms with Gasteiger partial charge in [0.25, 0.3) is 0 Å². The molecule has 5 nitrogen and oxygen atoms in total. The number of hydrogen-bond acceptors (Lipinski definition) is 4. The van der Waals surface area contributed by atoms with Crippen LogP contribution in [0, 0.1) is 0 Å². The van der Waals surface area contributed by atoms with Gasteiger partial charge in [0.1, 0.15) is 5.75 Å². The lowest BCUT2D eigenvalue weighted by atomic mass is 9.95. The fourth-order valence-electron chi connectivity index (χ4n) is 2.42. The van der Waals surface area contributed by atoms with Crippen molar-refractivity contribution in [3.8, 4) is 5.75 Å². The van der Waals surface area contributed by atoms with Gasteiger partial charge in [0.05, 0.1) is 14.2 Å². The fourth-order valence-corrected chi connectivity index (χ4v) is 2.42. The second-order valence-electron chi connectivity index (χ2n) is 5.43. The van der Waals surface area contributed by atoms with E-state index in [2.05, 4.69) is 4.99 Å². The summed E-state index contributed by atoms with van der Waals surface area (Å²) >= 11 is 0. The lowest BCUT2D eigenvalue weighted by Crippen LogP contribution is -1.97. The van der Waals surface area contributed by atoms with Gasteiger partial charge in [0.2, 0.25) is 12.3 Å². The van der Waals surface area contributed by atoms with Gasteiger partial charge in [-0.2, -0.15) is 4.99 Å². The van der Waals surface area contributed by atoms with Crippen LogP contribution in [0.4, 0.5) is 0 Å². The molecule has 2 rings (SSSR count). The number of nitrogens with two attached hydrogens (primary N) is 1. The van der Waals surface area contributed by atoms with Crippen molar-refractivity contribution in [1.29, 1.82) is 0 Å². The highest BCUT2D eigenvalue weighted by Gasteiger charge is 2.06. The summed E-state index contributed by atoms with van der Waals surface area (Å²) in [6, 6.07) is 17.8. The Morgan fingerprint density at radius 3 is 2.19 bits per heavy atom. The predicted molar refractivity (Wildman–Crippen MR) is 108 cm³/mol. The molecule has 27 heavy (non-hydrogen) atoms. The summed E-state index contributed by atoms with van der Waals surface area (Å²) < 4.78 is 10.3. The van der Waals surface area contributed by atoms with Crippen molar-refractivity contribution in [2.24, 2.45) is 10.7 Å². The number of carbonyl (C=O) groups excluding carboxylic acids is 1. The number of nitrogens with zero attached hydrogens (tertiary/aromatic N) is 1. The lowest BCUT2D eigenvalue weighted by molar-refractivity contribution is -0.106. The minimum absolute atomic E-state index is 0.198. The molecule has 0 spiro atoms. The van der Waals surface area contributed by atoms with Crippen molar-refractivity contribution in [3.05, 3.63) is 95.7 Å². The van der Waals surface area contributed by atoms with Crippen LogP contribution in [0.5, 0.6) is 5.75 Å². The first-order chi connectivity index (χ1) is 13.2. The average Bonchev–Trinajstić information content (AvgIpc) is 2.73. The number of allylic oxidation sites excluding steroid dienone is 3. The summed E-state index contributed by atoms with van der Waals surface area (Å²) in [7, 11) is 3.08. The van der Waals surface area contributed by atoms with Crippen molar-refractivity contribution in [2.45, 2.75) is 0 Å². The monoisotopic (exact) mass is 362 g/mol. The Kier molecular flexibility index (Phi) is 7.60. The molecule has 0 bridgehead atoms. The van der Waals surface area contributed by atoms with E-state index in [0.29, 0.717) is 6.41 Å². The number of aliphatic imine (C=N–C) groups is 1. The van der Waals surface area contributed by atoms with Gasteiger partial charge in [0, 0.05) is 12.3 Å². The molecule has 0 saturated carbocycles. The average molecular weight is 362 g/mol. The molecule has 0 heterocycles. The van der Waals surface area contributed by atoms with Gasteiger partial charge < -0.3 is 15.2 Å². The van der Waals surface area contributed by atoms with Crippen LogP contribution < -0.4 is 10.5 Å². The topological polar surface area (TPSA) is 73.9 Å². The molecule has 0 radical (unpaired) electrons. The van der Waals surface area contributed by atoms with E-state index >= 15 is 0 Å². The number of amides is 1.